The van der Waals surface area contributed by atoms with Gasteiger partial charge in [0.1, 0.15) is 0 Å². The normalized spacial score (nSPS) is 28.4. The molecule has 1 aromatic rings. The summed E-state index contributed by atoms with van der Waals surface area (Å²) in [5, 5.41) is 6.49. The molecule has 2 saturated carbocycles. The fraction of sp³-hybridized carbons (Fsp3) is 0.533. The van der Waals surface area contributed by atoms with Gasteiger partial charge in [0, 0.05) is 17.3 Å². The summed E-state index contributed by atoms with van der Waals surface area (Å²) in [6.45, 7) is 0.806. The number of nitrogens with one attached hydrogen (secondary N) is 2. The van der Waals surface area contributed by atoms with Crippen LogP contribution in [0.25, 0.3) is 0 Å². The van der Waals surface area contributed by atoms with Crippen LogP contribution in [-0.2, 0) is 0 Å². The highest BCUT2D eigenvalue weighted by Gasteiger charge is 2.39. The Labute approximate surface area is 118 Å². The first-order valence-corrected chi connectivity index (χ1v) is 7.39. The Morgan fingerprint density at radius 1 is 1.21 bits per heavy atom. The standard InChI is InChI=1S/C15H19ClN2O/c16-13-3-5-14(6-4-13)18-15(19)17-9-12-8-10-1-2-11(12)7-10/h3-6,10-12H,1-2,7-9H2,(H2,17,18,19)/t10-,11+,12+/m0/s1. The molecule has 0 heterocycles. The fourth-order valence-corrected chi connectivity index (χ4v) is 3.68. The van der Waals surface area contributed by atoms with Crippen molar-refractivity contribution < 1.29 is 4.79 Å². The van der Waals surface area contributed by atoms with Gasteiger partial charge >= 0.3 is 6.03 Å². The lowest BCUT2D eigenvalue weighted by atomic mass is 9.89. The summed E-state index contributed by atoms with van der Waals surface area (Å²) in [6, 6.07) is 7.03. The molecule has 2 amide bonds. The van der Waals surface area contributed by atoms with Crippen molar-refractivity contribution in [1.29, 1.82) is 0 Å². The van der Waals surface area contributed by atoms with Gasteiger partial charge in [-0.25, -0.2) is 4.79 Å². The minimum atomic E-state index is -0.120. The number of fused-ring (bicyclic) bond motifs is 2. The van der Waals surface area contributed by atoms with Gasteiger partial charge in [-0.3, -0.25) is 0 Å². The van der Waals surface area contributed by atoms with E-state index in [1.54, 1.807) is 24.3 Å². The summed E-state index contributed by atoms with van der Waals surface area (Å²) in [5.41, 5.74) is 0.773. The van der Waals surface area contributed by atoms with E-state index < -0.39 is 0 Å². The Morgan fingerprint density at radius 3 is 2.63 bits per heavy atom. The Bertz CT molecular complexity index is 460. The van der Waals surface area contributed by atoms with E-state index in [0.29, 0.717) is 10.9 Å². The Kier molecular flexibility index (Phi) is 3.65. The van der Waals surface area contributed by atoms with Crippen LogP contribution in [0, 0.1) is 17.8 Å². The molecular formula is C15H19ClN2O. The van der Waals surface area contributed by atoms with E-state index in [-0.39, 0.29) is 6.03 Å². The third-order valence-corrected chi connectivity index (χ3v) is 4.76. The molecule has 3 rings (SSSR count). The number of hydrogen-bond acceptors (Lipinski definition) is 1. The van der Waals surface area contributed by atoms with Crippen molar-refractivity contribution >= 4 is 23.3 Å². The number of carbonyl (C=O) groups excluding carboxylic acids is 1. The molecule has 2 N–H and O–H groups in total. The molecule has 0 radical (unpaired) electrons. The van der Waals surface area contributed by atoms with Crippen molar-refractivity contribution in [3.05, 3.63) is 29.3 Å². The Balaban J connectivity index is 1.45. The van der Waals surface area contributed by atoms with Crippen LogP contribution in [0.15, 0.2) is 24.3 Å². The zero-order valence-corrected chi connectivity index (χ0v) is 11.6. The van der Waals surface area contributed by atoms with Crippen LogP contribution in [0.1, 0.15) is 25.7 Å². The van der Waals surface area contributed by atoms with Crippen LogP contribution in [0.5, 0.6) is 0 Å². The maximum Gasteiger partial charge on any atom is 0.319 e. The first-order chi connectivity index (χ1) is 9.20. The summed E-state index contributed by atoms with van der Waals surface area (Å²) >= 11 is 5.80. The maximum absolute atomic E-state index is 11.8. The van der Waals surface area contributed by atoms with Gasteiger partial charge in [0.15, 0.2) is 0 Å². The fourth-order valence-electron chi connectivity index (χ4n) is 3.56. The number of hydrogen-bond donors (Lipinski definition) is 2. The summed E-state index contributed by atoms with van der Waals surface area (Å²) in [4.78, 5) is 11.8. The van der Waals surface area contributed by atoms with Gasteiger partial charge in [-0.05, 0) is 61.3 Å². The summed E-state index contributed by atoms with van der Waals surface area (Å²) in [5.74, 6) is 2.46. The van der Waals surface area contributed by atoms with Gasteiger partial charge in [0.05, 0.1) is 0 Å². The van der Waals surface area contributed by atoms with Crippen LogP contribution in [0.3, 0.4) is 0 Å². The highest BCUT2D eigenvalue weighted by Crippen LogP contribution is 2.47. The number of halogens is 1. The van der Waals surface area contributed by atoms with E-state index >= 15 is 0 Å². The average molecular weight is 279 g/mol. The molecule has 0 aliphatic heterocycles. The molecule has 2 aliphatic rings. The first kappa shape index (κ1) is 12.8. The van der Waals surface area contributed by atoms with Gasteiger partial charge < -0.3 is 10.6 Å². The van der Waals surface area contributed by atoms with Crippen molar-refractivity contribution in [1.82, 2.24) is 5.32 Å². The first-order valence-electron chi connectivity index (χ1n) is 7.01. The van der Waals surface area contributed by atoms with E-state index in [1.165, 1.54) is 25.7 Å². The van der Waals surface area contributed by atoms with E-state index in [0.717, 1.165) is 24.1 Å². The molecule has 3 nitrogen and oxygen atoms in total. The van der Waals surface area contributed by atoms with Crippen molar-refractivity contribution in [3.8, 4) is 0 Å². The van der Waals surface area contributed by atoms with Gasteiger partial charge in [-0.1, -0.05) is 18.0 Å². The summed E-state index contributed by atoms with van der Waals surface area (Å²) in [6.07, 6.45) is 5.44. The smallest absolute Gasteiger partial charge is 0.319 e. The van der Waals surface area contributed by atoms with Crippen LogP contribution >= 0.6 is 11.6 Å². The van der Waals surface area contributed by atoms with Crippen LogP contribution in [0.4, 0.5) is 10.5 Å². The predicted octanol–water partition coefficient (Wildman–Crippen LogP) is 3.90. The van der Waals surface area contributed by atoms with Crippen LogP contribution in [-0.4, -0.2) is 12.6 Å². The Morgan fingerprint density at radius 2 is 2.00 bits per heavy atom. The largest absolute Gasteiger partial charge is 0.338 e. The molecule has 19 heavy (non-hydrogen) atoms. The van der Waals surface area contributed by atoms with E-state index in [4.69, 9.17) is 11.6 Å². The quantitative estimate of drug-likeness (QED) is 0.865. The van der Waals surface area contributed by atoms with E-state index in [2.05, 4.69) is 10.6 Å². The molecule has 1 aromatic carbocycles. The van der Waals surface area contributed by atoms with Crippen LogP contribution in [0.2, 0.25) is 5.02 Å². The average Bonchev–Trinajstić information content (AvgIpc) is 3.01. The summed E-state index contributed by atoms with van der Waals surface area (Å²) < 4.78 is 0. The maximum atomic E-state index is 11.8. The Hall–Kier alpha value is -1.22. The van der Waals surface area contributed by atoms with Gasteiger partial charge in [0.2, 0.25) is 0 Å². The van der Waals surface area contributed by atoms with Crippen molar-refractivity contribution in [2.75, 3.05) is 11.9 Å². The number of carbonyl (C=O) groups is 1. The second-order valence-corrected chi connectivity index (χ2v) is 6.21. The summed E-state index contributed by atoms with van der Waals surface area (Å²) in [7, 11) is 0. The number of amides is 2. The number of urea groups is 1. The molecule has 2 aliphatic carbocycles. The molecule has 0 aromatic heterocycles. The highest BCUT2D eigenvalue weighted by atomic mass is 35.5. The van der Waals surface area contributed by atoms with Crippen LogP contribution < -0.4 is 10.6 Å². The second-order valence-electron chi connectivity index (χ2n) is 5.78. The molecule has 4 heteroatoms. The highest BCUT2D eigenvalue weighted by molar-refractivity contribution is 6.30. The van der Waals surface area contributed by atoms with Crippen molar-refractivity contribution in [3.63, 3.8) is 0 Å². The third-order valence-electron chi connectivity index (χ3n) is 4.51. The molecule has 0 spiro atoms. The lowest BCUT2D eigenvalue weighted by molar-refractivity contribution is 0.245. The molecule has 2 fully saturated rings. The van der Waals surface area contributed by atoms with Gasteiger partial charge in [0.25, 0.3) is 0 Å². The second kappa shape index (κ2) is 5.41. The lowest BCUT2D eigenvalue weighted by Crippen LogP contribution is -2.34. The number of rotatable bonds is 3. The third kappa shape index (κ3) is 3.03. The molecular weight excluding hydrogens is 260 g/mol. The minimum absolute atomic E-state index is 0.120. The number of benzene rings is 1. The molecule has 0 saturated heterocycles. The zero-order valence-electron chi connectivity index (χ0n) is 10.9. The van der Waals surface area contributed by atoms with E-state index in [9.17, 15) is 4.79 Å². The van der Waals surface area contributed by atoms with E-state index in [1.807, 2.05) is 0 Å². The van der Waals surface area contributed by atoms with Gasteiger partial charge in [-0.2, -0.15) is 0 Å². The topological polar surface area (TPSA) is 41.1 Å². The molecule has 102 valence electrons. The van der Waals surface area contributed by atoms with Crippen molar-refractivity contribution in [2.24, 2.45) is 17.8 Å². The molecule has 0 unspecified atom stereocenters. The zero-order chi connectivity index (χ0) is 13.2. The van der Waals surface area contributed by atoms with Crippen molar-refractivity contribution in [2.45, 2.75) is 25.7 Å². The number of anilines is 1. The minimum Gasteiger partial charge on any atom is -0.338 e. The monoisotopic (exact) mass is 278 g/mol. The van der Waals surface area contributed by atoms with Gasteiger partial charge in [-0.15, -0.1) is 0 Å². The SMILES string of the molecule is O=C(NC[C@H]1C[C@H]2CC[C@@H]1C2)Nc1ccc(Cl)cc1. The predicted molar refractivity (Wildman–Crippen MR) is 77.4 cm³/mol. The molecule has 2 bridgehead atoms. The lowest BCUT2D eigenvalue weighted by Gasteiger charge is -2.21. The molecule has 3 atom stereocenters.